The number of hydroxylamine groups is 2. The van der Waals surface area contributed by atoms with E-state index in [0.29, 0.717) is 5.06 Å². The summed E-state index contributed by atoms with van der Waals surface area (Å²) in [5, 5.41) is 0.347. The molecule has 7 nitrogen and oxygen atoms in total. The molecule has 92 valence electrons. The second-order valence-electron chi connectivity index (χ2n) is 4.25. The van der Waals surface area contributed by atoms with Crippen molar-refractivity contribution in [3.63, 3.8) is 0 Å². The van der Waals surface area contributed by atoms with Gasteiger partial charge in [0.05, 0.1) is 30.3 Å². The summed E-state index contributed by atoms with van der Waals surface area (Å²) in [5.41, 5.74) is 0. The quantitative estimate of drug-likeness (QED) is 0.458. The van der Waals surface area contributed by atoms with E-state index in [2.05, 4.69) is 4.28 Å². The fourth-order valence-electron chi connectivity index (χ4n) is 2.49. The summed E-state index contributed by atoms with van der Waals surface area (Å²) >= 11 is 0. The van der Waals surface area contributed by atoms with E-state index in [1.54, 1.807) is 12.2 Å². The zero-order valence-corrected chi connectivity index (χ0v) is 9.59. The molecule has 0 aliphatic carbocycles. The molecule has 0 aromatic carbocycles. The van der Waals surface area contributed by atoms with Gasteiger partial charge >= 0.3 is 0 Å². The normalized spacial score (nSPS) is 39.2. The molecule has 4 unspecified atom stereocenters. The predicted molar refractivity (Wildman–Crippen MR) is 52.6 cm³/mol. The number of hydrogen-bond donors (Lipinski definition) is 0. The average Bonchev–Trinajstić information content (AvgIpc) is 2.86. The Hall–Kier alpha value is -1.25. The summed E-state index contributed by atoms with van der Waals surface area (Å²) in [6, 6.07) is 0. The Labute approximate surface area is 97.1 Å². The van der Waals surface area contributed by atoms with Crippen LogP contribution in [-0.2, 0) is 28.7 Å². The molecule has 0 N–H and O–H groups in total. The lowest BCUT2D eigenvalue weighted by atomic mass is 9.85. The second-order valence-corrected chi connectivity index (χ2v) is 5.81. The number of nitrogens with zero attached hydrogens (tertiary/aromatic N) is 1. The van der Waals surface area contributed by atoms with E-state index >= 15 is 0 Å². The molecule has 0 radical (unpaired) electrons. The maximum absolute atomic E-state index is 11.9. The van der Waals surface area contributed by atoms with Gasteiger partial charge in [-0.05, 0) is 0 Å². The van der Waals surface area contributed by atoms with E-state index in [1.807, 2.05) is 0 Å². The summed E-state index contributed by atoms with van der Waals surface area (Å²) in [6.45, 7) is 0. The van der Waals surface area contributed by atoms with Gasteiger partial charge in [0.25, 0.3) is 21.9 Å². The number of carbonyl (C=O) groups excluding carboxylic acids is 2. The first-order valence-electron chi connectivity index (χ1n) is 5.00. The lowest BCUT2D eigenvalue weighted by Gasteiger charge is -2.14. The predicted octanol–water partition coefficient (Wildman–Crippen LogP) is -1.18. The first-order valence-corrected chi connectivity index (χ1v) is 6.81. The van der Waals surface area contributed by atoms with E-state index in [4.69, 9.17) is 4.74 Å². The molecule has 2 amide bonds. The number of carbonyl (C=O) groups is 2. The van der Waals surface area contributed by atoms with Gasteiger partial charge in [0.15, 0.2) is 0 Å². The number of hydrogen-bond acceptors (Lipinski definition) is 6. The van der Waals surface area contributed by atoms with Crippen molar-refractivity contribution in [2.75, 3.05) is 6.26 Å². The van der Waals surface area contributed by atoms with Crippen LogP contribution in [0.1, 0.15) is 0 Å². The minimum atomic E-state index is -3.90. The Kier molecular flexibility index (Phi) is 2.02. The Morgan fingerprint density at radius 1 is 1.18 bits per heavy atom. The molecule has 3 aliphatic rings. The highest BCUT2D eigenvalue weighted by Gasteiger charge is 2.62. The third kappa shape index (κ3) is 1.44. The maximum Gasteiger partial charge on any atom is 0.285 e. The fourth-order valence-corrected chi connectivity index (χ4v) is 2.90. The second kappa shape index (κ2) is 3.15. The molecule has 3 heterocycles. The van der Waals surface area contributed by atoms with E-state index in [0.717, 1.165) is 6.26 Å². The van der Waals surface area contributed by atoms with Crippen LogP contribution in [0.5, 0.6) is 0 Å². The number of rotatable bonds is 2. The van der Waals surface area contributed by atoms with Crippen LogP contribution in [0.4, 0.5) is 0 Å². The van der Waals surface area contributed by atoms with Crippen LogP contribution in [0.3, 0.4) is 0 Å². The van der Waals surface area contributed by atoms with Crippen LogP contribution in [0.25, 0.3) is 0 Å². The molecule has 3 rings (SSSR count). The van der Waals surface area contributed by atoms with Gasteiger partial charge in [0.2, 0.25) is 0 Å². The zero-order valence-electron chi connectivity index (χ0n) is 8.77. The van der Waals surface area contributed by atoms with Crippen molar-refractivity contribution in [1.82, 2.24) is 5.06 Å². The minimum Gasteiger partial charge on any atom is -0.365 e. The zero-order chi connectivity index (χ0) is 12.4. The molecule has 2 saturated heterocycles. The van der Waals surface area contributed by atoms with Gasteiger partial charge < -0.3 is 4.74 Å². The van der Waals surface area contributed by atoms with Crippen molar-refractivity contribution >= 4 is 21.9 Å². The molecule has 17 heavy (non-hydrogen) atoms. The number of fused-ring (bicyclic) bond motifs is 5. The standard InChI is InChI=1S/C9H9NO6S/c1-17(13,14)16-10-8(11)6-4-2-3-5(15-4)7(6)9(10)12/h2-7H,1H3. The topological polar surface area (TPSA) is 90.0 Å². The van der Waals surface area contributed by atoms with E-state index in [1.165, 1.54) is 0 Å². The van der Waals surface area contributed by atoms with Crippen LogP contribution in [0, 0.1) is 11.8 Å². The van der Waals surface area contributed by atoms with Crippen molar-refractivity contribution in [1.29, 1.82) is 0 Å². The molecule has 0 saturated carbocycles. The first kappa shape index (κ1) is 10.9. The smallest absolute Gasteiger partial charge is 0.285 e. The molecule has 2 bridgehead atoms. The lowest BCUT2D eigenvalue weighted by molar-refractivity contribution is -0.168. The molecule has 0 aromatic heterocycles. The molecular weight excluding hydrogens is 250 g/mol. The van der Waals surface area contributed by atoms with E-state index in [9.17, 15) is 18.0 Å². The highest BCUT2D eigenvalue weighted by Crippen LogP contribution is 2.45. The SMILES string of the molecule is CS(=O)(=O)ON1C(=O)C2C3C=CC(O3)C2C1=O. The number of amides is 2. The van der Waals surface area contributed by atoms with Gasteiger partial charge in [0, 0.05) is 0 Å². The fraction of sp³-hybridized carbons (Fsp3) is 0.556. The Morgan fingerprint density at radius 3 is 2.06 bits per heavy atom. The third-order valence-electron chi connectivity index (χ3n) is 3.08. The summed E-state index contributed by atoms with van der Waals surface area (Å²) in [5.74, 6) is -2.61. The van der Waals surface area contributed by atoms with E-state index in [-0.39, 0.29) is 0 Å². The van der Waals surface area contributed by atoms with E-state index < -0.39 is 46.0 Å². The highest BCUT2D eigenvalue weighted by molar-refractivity contribution is 7.85. The van der Waals surface area contributed by atoms with Gasteiger partial charge in [-0.15, -0.1) is 9.35 Å². The van der Waals surface area contributed by atoms with Crippen LogP contribution in [0.15, 0.2) is 12.2 Å². The molecule has 8 heteroatoms. The molecule has 4 atom stereocenters. The van der Waals surface area contributed by atoms with Gasteiger partial charge in [-0.2, -0.15) is 8.42 Å². The van der Waals surface area contributed by atoms with Crippen LogP contribution < -0.4 is 0 Å². The largest absolute Gasteiger partial charge is 0.365 e. The van der Waals surface area contributed by atoms with Crippen LogP contribution in [0.2, 0.25) is 0 Å². The third-order valence-corrected chi connectivity index (χ3v) is 3.50. The Balaban J connectivity index is 1.93. The summed E-state index contributed by atoms with van der Waals surface area (Å²) in [7, 11) is -3.90. The summed E-state index contributed by atoms with van der Waals surface area (Å²) < 4.78 is 31.7. The van der Waals surface area contributed by atoms with Crippen molar-refractivity contribution in [2.24, 2.45) is 11.8 Å². The minimum absolute atomic E-state index is 0.347. The van der Waals surface area contributed by atoms with Crippen molar-refractivity contribution in [3.8, 4) is 0 Å². The highest BCUT2D eigenvalue weighted by atomic mass is 32.2. The van der Waals surface area contributed by atoms with Gasteiger partial charge in [-0.1, -0.05) is 12.2 Å². The van der Waals surface area contributed by atoms with Crippen molar-refractivity contribution < 1.29 is 27.0 Å². The first-order chi connectivity index (χ1) is 7.88. The van der Waals surface area contributed by atoms with Crippen molar-refractivity contribution in [3.05, 3.63) is 12.2 Å². The van der Waals surface area contributed by atoms with Gasteiger partial charge in [-0.3, -0.25) is 9.59 Å². The molecule has 0 aromatic rings. The average molecular weight is 259 g/mol. The maximum atomic E-state index is 11.9. The molecule has 2 fully saturated rings. The van der Waals surface area contributed by atoms with Gasteiger partial charge in [0.1, 0.15) is 0 Å². The molecule has 0 spiro atoms. The summed E-state index contributed by atoms with van der Waals surface area (Å²) in [4.78, 5) is 23.7. The summed E-state index contributed by atoms with van der Waals surface area (Å²) in [6.07, 6.45) is 3.30. The number of imide groups is 1. The Morgan fingerprint density at radius 2 is 1.65 bits per heavy atom. The van der Waals surface area contributed by atoms with Crippen LogP contribution in [-0.4, -0.2) is 43.8 Å². The van der Waals surface area contributed by atoms with Crippen molar-refractivity contribution in [2.45, 2.75) is 12.2 Å². The number of ether oxygens (including phenoxy) is 1. The van der Waals surface area contributed by atoms with Crippen LogP contribution >= 0.6 is 0 Å². The Bertz CT molecular complexity index is 508. The molecular formula is C9H9NO6S. The lowest BCUT2D eigenvalue weighted by Crippen LogP contribution is -2.36. The van der Waals surface area contributed by atoms with Gasteiger partial charge in [-0.25, -0.2) is 0 Å². The monoisotopic (exact) mass is 259 g/mol. The molecule has 3 aliphatic heterocycles.